The number of carbonyl (C=O) groups excluding carboxylic acids is 2. The molecular formula is C14H17ClN2O3. The molecule has 1 heterocycles. The minimum Gasteiger partial charge on any atom is -0.447 e. The number of amides is 2. The predicted octanol–water partition coefficient (Wildman–Crippen LogP) is 2.53. The molecule has 108 valence electrons. The first-order valence-electron chi connectivity index (χ1n) is 6.44. The lowest BCUT2D eigenvalue weighted by atomic mass is 10.1. The highest BCUT2D eigenvalue weighted by molar-refractivity contribution is 6.30. The molecule has 0 N–H and O–H groups in total. The van der Waals surface area contributed by atoms with Crippen LogP contribution >= 0.6 is 11.6 Å². The quantitative estimate of drug-likeness (QED) is 0.857. The van der Waals surface area contributed by atoms with Crippen LogP contribution in [0.15, 0.2) is 24.3 Å². The third-order valence-corrected chi connectivity index (χ3v) is 3.68. The largest absolute Gasteiger partial charge is 0.447 e. The number of hydrogen-bond donors (Lipinski definition) is 0. The molecule has 1 aromatic rings. The van der Waals surface area contributed by atoms with E-state index in [9.17, 15) is 9.59 Å². The number of halogens is 1. The van der Waals surface area contributed by atoms with E-state index in [0.717, 1.165) is 10.6 Å². The third-order valence-electron chi connectivity index (χ3n) is 3.43. The smallest absolute Gasteiger partial charge is 0.416 e. The van der Waals surface area contributed by atoms with Gasteiger partial charge in [-0.25, -0.2) is 9.69 Å². The van der Waals surface area contributed by atoms with Crippen LogP contribution in [0.5, 0.6) is 0 Å². The van der Waals surface area contributed by atoms with E-state index in [-0.39, 0.29) is 25.0 Å². The highest BCUT2D eigenvalue weighted by Gasteiger charge is 2.29. The zero-order chi connectivity index (χ0) is 14.7. The van der Waals surface area contributed by atoms with Gasteiger partial charge in [0.05, 0.1) is 6.54 Å². The van der Waals surface area contributed by atoms with Crippen molar-refractivity contribution in [3.8, 4) is 0 Å². The minimum atomic E-state index is -0.545. The van der Waals surface area contributed by atoms with Crippen LogP contribution in [0.4, 0.5) is 10.5 Å². The summed E-state index contributed by atoms with van der Waals surface area (Å²) in [5, 5.41) is 0.672. The molecule has 1 aliphatic rings. The molecule has 20 heavy (non-hydrogen) atoms. The molecule has 2 amide bonds. The Hall–Kier alpha value is -1.75. The van der Waals surface area contributed by atoms with Crippen molar-refractivity contribution in [2.75, 3.05) is 25.1 Å². The number of carbonyl (C=O) groups is 2. The molecule has 0 saturated carbocycles. The lowest BCUT2D eigenvalue weighted by molar-refractivity contribution is -0.128. The second-order valence-corrected chi connectivity index (χ2v) is 5.24. The summed E-state index contributed by atoms with van der Waals surface area (Å²) in [7, 11) is 1.91. The molecule has 1 fully saturated rings. The van der Waals surface area contributed by atoms with Crippen molar-refractivity contribution in [3.63, 3.8) is 0 Å². The molecule has 2 rings (SSSR count). The van der Waals surface area contributed by atoms with Crippen LogP contribution in [0.3, 0.4) is 0 Å². The van der Waals surface area contributed by atoms with Crippen LogP contribution in [0.2, 0.25) is 5.02 Å². The SMILES string of the molecule is C[C@@H](CC(=O)N1CCOC1=O)N(C)c1ccc(Cl)cc1. The Morgan fingerprint density at radius 3 is 2.65 bits per heavy atom. The standard InChI is InChI=1S/C14H17ClN2O3/c1-10(9-13(18)17-7-8-20-14(17)19)16(2)12-5-3-11(15)4-6-12/h3-6,10H,7-9H2,1-2H3/t10-/m0/s1. The monoisotopic (exact) mass is 296 g/mol. The van der Waals surface area contributed by atoms with Gasteiger partial charge in [0, 0.05) is 30.2 Å². The van der Waals surface area contributed by atoms with Crippen molar-refractivity contribution in [2.45, 2.75) is 19.4 Å². The lowest BCUT2D eigenvalue weighted by Crippen LogP contribution is -2.38. The van der Waals surface area contributed by atoms with Crippen LogP contribution in [0.25, 0.3) is 0 Å². The van der Waals surface area contributed by atoms with Gasteiger partial charge in [0.25, 0.3) is 0 Å². The number of imide groups is 1. The van der Waals surface area contributed by atoms with E-state index in [4.69, 9.17) is 16.3 Å². The average molecular weight is 297 g/mol. The van der Waals surface area contributed by atoms with Crippen molar-refractivity contribution >= 4 is 29.3 Å². The van der Waals surface area contributed by atoms with Gasteiger partial charge in [-0.2, -0.15) is 0 Å². The topological polar surface area (TPSA) is 49.9 Å². The summed E-state index contributed by atoms with van der Waals surface area (Å²) >= 11 is 5.85. The molecule has 0 bridgehead atoms. The fourth-order valence-corrected chi connectivity index (χ4v) is 2.18. The fraction of sp³-hybridized carbons (Fsp3) is 0.429. The number of cyclic esters (lactones) is 1. The van der Waals surface area contributed by atoms with Gasteiger partial charge in [-0.05, 0) is 31.2 Å². The maximum absolute atomic E-state index is 12.0. The molecule has 0 radical (unpaired) electrons. The van der Waals surface area contributed by atoms with Crippen molar-refractivity contribution in [1.82, 2.24) is 4.90 Å². The van der Waals surface area contributed by atoms with Crippen LogP contribution in [0, 0.1) is 0 Å². The Morgan fingerprint density at radius 2 is 2.10 bits per heavy atom. The molecule has 1 aromatic carbocycles. The Balaban J connectivity index is 1.97. The number of hydrogen-bond acceptors (Lipinski definition) is 4. The van der Waals surface area contributed by atoms with E-state index in [1.807, 2.05) is 31.0 Å². The maximum atomic E-state index is 12.0. The summed E-state index contributed by atoms with van der Waals surface area (Å²) in [4.78, 5) is 26.5. The summed E-state index contributed by atoms with van der Waals surface area (Å²) in [5.41, 5.74) is 0.971. The van der Waals surface area contributed by atoms with E-state index in [1.54, 1.807) is 12.1 Å². The zero-order valence-electron chi connectivity index (χ0n) is 11.5. The first-order valence-corrected chi connectivity index (χ1v) is 6.82. The molecule has 0 aromatic heterocycles. The molecule has 0 spiro atoms. The van der Waals surface area contributed by atoms with E-state index < -0.39 is 6.09 Å². The first-order chi connectivity index (χ1) is 9.49. The number of benzene rings is 1. The van der Waals surface area contributed by atoms with E-state index in [2.05, 4.69) is 0 Å². The number of nitrogens with zero attached hydrogens (tertiary/aromatic N) is 2. The Bertz CT molecular complexity index is 504. The molecule has 5 nitrogen and oxygen atoms in total. The third kappa shape index (κ3) is 3.22. The number of ether oxygens (including phenoxy) is 1. The molecule has 6 heteroatoms. The van der Waals surface area contributed by atoms with Crippen molar-refractivity contribution in [2.24, 2.45) is 0 Å². The van der Waals surface area contributed by atoms with Gasteiger partial charge in [0.2, 0.25) is 5.91 Å². The van der Waals surface area contributed by atoms with Crippen LogP contribution < -0.4 is 4.90 Å². The molecule has 1 atom stereocenters. The molecule has 1 aliphatic heterocycles. The number of rotatable bonds is 4. The zero-order valence-corrected chi connectivity index (χ0v) is 12.3. The Labute approximate surface area is 123 Å². The van der Waals surface area contributed by atoms with Crippen LogP contribution in [-0.2, 0) is 9.53 Å². The summed E-state index contributed by atoms with van der Waals surface area (Å²) in [5.74, 6) is -0.208. The van der Waals surface area contributed by atoms with Gasteiger partial charge in [-0.15, -0.1) is 0 Å². The Morgan fingerprint density at radius 1 is 1.45 bits per heavy atom. The second kappa shape index (κ2) is 6.13. The Kier molecular flexibility index (Phi) is 4.49. The molecule has 1 saturated heterocycles. The highest BCUT2D eigenvalue weighted by Crippen LogP contribution is 2.20. The van der Waals surface area contributed by atoms with Crippen molar-refractivity contribution < 1.29 is 14.3 Å². The molecule has 0 aliphatic carbocycles. The maximum Gasteiger partial charge on any atom is 0.416 e. The second-order valence-electron chi connectivity index (χ2n) is 4.80. The number of anilines is 1. The molecular weight excluding hydrogens is 280 g/mol. The van der Waals surface area contributed by atoms with E-state index in [1.165, 1.54) is 0 Å². The summed E-state index contributed by atoms with van der Waals surface area (Å²) in [6, 6.07) is 7.37. The molecule has 0 unspecified atom stereocenters. The van der Waals surface area contributed by atoms with E-state index >= 15 is 0 Å². The van der Waals surface area contributed by atoms with Crippen LogP contribution in [-0.4, -0.2) is 43.1 Å². The normalized spacial score (nSPS) is 15.9. The summed E-state index contributed by atoms with van der Waals surface area (Å²) in [6.45, 7) is 2.56. The van der Waals surface area contributed by atoms with E-state index in [0.29, 0.717) is 11.6 Å². The first kappa shape index (κ1) is 14.7. The van der Waals surface area contributed by atoms with Gasteiger partial charge >= 0.3 is 6.09 Å². The van der Waals surface area contributed by atoms with Gasteiger partial charge in [-0.3, -0.25) is 4.79 Å². The van der Waals surface area contributed by atoms with Crippen LogP contribution in [0.1, 0.15) is 13.3 Å². The predicted molar refractivity (Wildman–Crippen MR) is 77.0 cm³/mol. The summed E-state index contributed by atoms with van der Waals surface area (Å²) in [6.07, 6.45) is -0.287. The average Bonchev–Trinajstić information content (AvgIpc) is 2.85. The minimum absolute atomic E-state index is 0.0305. The fourth-order valence-electron chi connectivity index (χ4n) is 2.05. The van der Waals surface area contributed by atoms with Crippen molar-refractivity contribution in [3.05, 3.63) is 29.3 Å². The van der Waals surface area contributed by atoms with Gasteiger partial charge in [-0.1, -0.05) is 11.6 Å². The van der Waals surface area contributed by atoms with Gasteiger partial charge in [0.15, 0.2) is 0 Å². The van der Waals surface area contributed by atoms with Gasteiger partial charge < -0.3 is 9.64 Å². The van der Waals surface area contributed by atoms with Gasteiger partial charge in [0.1, 0.15) is 6.61 Å². The lowest BCUT2D eigenvalue weighted by Gasteiger charge is -2.27. The van der Waals surface area contributed by atoms with Crippen molar-refractivity contribution in [1.29, 1.82) is 0 Å². The highest BCUT2D eigenvalue weighted by atomic mass is 35.5. The summed E-state index contributed by atoms with van der Waals surface area (Å²) < 4.78 is 4.76.